The molecule has 180 valence electrons. The van der Waals surface area contributed by atoms with E-state index in [1.54, 1.807) is 12.4 Å². The van der Waals surface area contributed by atoms with E-state index in [-0.39, 0.29) is 5.91 Å². The third-order valence-corrected chi connectivity index (χ3v) is 6.84. The van der Waals surface area contributed by atoms with Gasteiger partial charge in [0.25, 0.3) is 0 Å². The summed E-state index contributed by atoms with van der Waals surface area (Å²) in [6.45, 7) is 7.09. The van der Waals surface area contributed by atoms with Gasteiger partial charge < -0.3 is 9.80 Å². The van der Waals surface area contributed by atoms with Gasteiger partial charge in [-0.2, -0.15) is 5.10 Å². The van der Waals surface area contributed by atoms with Gasteiger partial charge in [-0.1, -0.05) is 42.5 Å². The number of pyridine rings is 1. The van der Waals surface area contributed by atoms with Crippen LogP contribution in [-0.2, 0) is 17.8 Å². The molecular weight excluding hydrogens is 436 g/mol. The van der Waals surface area contributed by atoms with Crippen LogP contribution in [0, 0.1) is 6.92 Å². The lowest BCUT2D eigenvalue weighted by atomic mass is 10.0. The fourth-order valence-corrected chi connectivity index (χ4v) is 4.82. The maximum atomic E-state index is 13.5. The minimum atomic E-state index is 0.160. The molecule has 0 bridgehead atoms. The molecular formula is C28H32N6O. The van der Waals surface area contributed by atoms with Gasteiger partial charge in [0, 0.05) is 37.6 Å². The van der Waals surface area contributed by atoms with Crippen molar-refractivity contribution in [1.82, 2.24) is 29.5 Å². The van der Waals surface area contributed by atoms with Crippen molar-refractivity contribution in [2.45, 2.75) is 32.7 Å². The zero-order valence-corrected chi connectivity index (χ0v) is 20.3. The Kier molecular flexibility index (Phi) is 7.14. The average molecular weight is 469 g/mol. The van der Waals surface area contributed by atoms with Crippen molar-refractivity contribution in [2.75, 3.05) is 32.7 Å². The lowest BCUT2D eigenvalue weighted by Gasteiger charge is -2.26. The fraction of sp³-hybridized carbons (Fsp3) is 0.357. The van der Waals surface area contributed by atoms with Gasteiger partial charge in [0.2, 0.25) is 5.91 Å². The number of amides is 1. The molecule has 4 aromatic rings. The Morgan fingerprint density at radius 1 is 0.943 bits per heavy atom. The van der Waals surface area contributed by atoms with Gasteiger partial charge in [0.1, 0.15) is 5.82 Å². The molecule has 0 spiro atoms. The number of hydrogen-bond acceptors (Lipinski definition) is 5. The Morgan fingerprint density at radius 3 is 2.51 bits per heavy atom. The second kappa shape index (κ2) is 10.8. The van der Waals surface area contributed by atoms with Gasteiger partial charge in [-0.05, 0) is 61.3 Å². The molecule has 7 heteroatoms. The minimum absolute atomic E-state index is 0.160. The lowest BCUT2D eigenvalue weighted by Crippen LogP contribution is -2.40. The van der Waals surface area contributed by atoms with Gasteiger partial charge in [-0.3, -0.25) is 9.78 Å². The number of fused-ring (bicyclic) bond motifs is 1. The third kappa shape index (κ3) is 5.57. The highest BCUT2D eigenvalue weighted by Crippen LogP contribution is 2.20. The van der Waals surface area contributed by atoms with Crippen molar-refractivity contribution < 1.29 is 4.79 Å². The van der Waals surface area contributed by atoms with E-state index < -0.39 is 0 Å². The summed E-state index contributed by atoms with van der Waals surface area (Å²) in [7, 11) is 0. The highest BCUT2D eigenvalue weighted by molar-refractivity contribution is 5.90. The minimum Gasteiger partial charge on any atom is -0.339 e. The molecule has 5 rings (SSSR count). The maximum absolute atomic E-state index is 13.5. The molecule has 2 aromatic carbocycles. The molecule has 35 heavy (non-hydrogen) atoms. The Bertz CT molecular complexity index is 1270. The zero-order valence-electron chi connectivity index (χ0n) is 20.3. The molecule has 0 radical (unpaired) electrons. The summed E-state index contributed by atoms with van der Waals surface area (Å²) in [4.78, 5) is 26.7. The highest BCUT2D eigenvalue weighted by Gasteiger charge is 2.19. The first-order valence-corrected chi connectivity index (χ1v) is 12.5. The number of rotatable bonds is 9. The van der Waals surface area contributed by atoms with Crippen LogP contribution in [0.25, 0.3) is 22.2 Å². The van der Waals surface area contributed by atoms with Crippen molar-refractivity contribution in [2.24, 2.45) is 0 Å². The molecule has 0 aliphatic carbocycles. The number of benzene rings is 2. The standard InChI is InChI=1S/C28H32N6O/c1-22-30-28(24-11-13-29-14-12-24)31-34(22)20-19-33(18-17-32-15-4-5-16-32)27(35)21-25-9-6-8-23-7-2-3-10-26(23)25/h2-3,6-14H,4-5,15-21H2,1H3. The van der Waals surface area contributed by atoms with E-state index in [9.17, 15) is 4.79 Å². The van der Waals surface area contributed by atoms with Crippen LogP contribution < -0.4 is 0 Å². The first-order chi connectivity index (χ1) is 17.2. The van der Waals surface area contributed by atoms with E-state index in [0.29, 0.717) is 25.3 Å². The lowest BCUT2D eigenvalue weighted by molar-refractivity contribution is -0.130. The molecule has 0 N–H and O–H groups in total. The van der Waals surface area contributed by atoms with Gasteiger partial charge in [0.05, 0.1) is 13.0 Å². The molecule has 2 aromatic heterocycles. The topological polar surface area (TPSA) is 67.2 Å². The number of hydrogen-bond donors (Lipinski definition) is 0. The van der Waals surface area contributed by atoms with E-state index >= 15 is 0 Å². The summed E-state index contributed by atoms with van der Waals surface area (Å²) in [5, 5.41) is 7.02. The Morgan fingerprint density at radius 2 is 1.69 bits per heavy atom. The molecule has 1 aliphatic heterocycles. The smallest absolute Gasteiger partial charge is 0.227 e. The Labute approximate surface area is 206 Å². The molecule has 1 fully saturated rings. The Hall–Kier alpha value is -3.58. The van der Waals surface area contributed by atoms with Crippen molar-refractivity contribution >= 4 is 16.7 Å². The first kappa shape index (κ1) is 23.2. The number of aromatic nitrogens is 4. The van der Waals surface area contributed by atoms with Crippen molar-refractivity contribution in [3.63, 3.8) is 0 Å². The van der Waals surface area contributed by atoms with Gasteiger partial charge in [-0.15, -0.1) is 0 Å². The molecule has 1 amide bonds. The summed E-state index contributed by atoms with van der Waals surface area (Å²) in [5.74, 6) is 1.70. The van der Waals surface area contributed by atoms with Crippen LogP contribution in [0.2, 0.25) is 0 Å². The molecule has 1 saturated heterocycles. The summed E-state index contributed by atoms with van der Waals surface area (Å²) >= 11 is 0. The highest BCUT2D eigenvalue weighted by atomic mass is 16.2. The number of carbonyl (C=O) groups excluding carboxylic acids is 1. The second-order valence-corrected chi connectivity index (χ2v) is 9.19. The number of likely N-dealkylation sites (tertiary alicyclic amines) is 1. The predicted molar refractivity (Wildman–Crippen MR) is 138 cm³/mol. The normalized spacial score (nSPS) is 14.0. The van der Waals surface area contributed by atoms with Crippen LogP contribution in [-0.4, -0.2) is 68.2 Å². The summed E-state index contributed by atoms with van der Waals surface area (Å²) in [5.41, 5.74) is 2.02. The maximum Gasteiger partial charge on any atom is 0.227 e. The van der Waals surface area contributed by atoms with E-state index in [1.165, 1.54) is 18.2 Å². The van der Waals surface area contributed by atoms with Crippen LogP contribution in [0.15, 0.2) is 67.0 Å². The number of aryl methyl sites for hydroxylation is 1. The summed E-state index contributed by atoms with van der Waals surface area (Å²) in [6.07, 6.45) is 6.40. The van der Waals surface area contributed by atoms with E-state index in [2.05, 4.69) is 39.1 Å². The van der Waals surface area contributed by atoms with E-state index in [4.69, 9.17) is 5.10 Å². The Balaban J connectivity index is 1.31. The molecule has 7 nitrogen and oxygen atoms in total. The molecule has 0 atom stereocenters. The quantitative estimate of drug-likeness (QED) is 0.372. The molecule has 0 saturated carbocycles. The van der Waals surface area contributed by atoms with Crippen LogP contribution in [0.5, 0.6) is 0 Å². The summed E-state index contributed by atoms with van der Waals surface area (Å²) < 4.78 is 1.91. The number of nitrogens with zero attached hydrogens (tertiary/aromatic N) is 6. The van der Waals surface area contributed by atoms with Crippen LogP contribution in [0.3, 0.4) is 0 Å². The number of carbonyl (C=O) groups is 1. The largest absolute Gasteiger partial charge is 0.339 e. The molecule has 1 aliphatic rings. The van der Waals surface area contributed by atoms with Crippen molar-refractivity contribution in [3.8, 4) is 11.4 Å². The first-order valence-electron chi connectivity index (χ1n) is 12.5. The van der Waals surface area contributed by atoms with Gasteiger partial charge in [0.15, 0.2) is 5.82 Å². The van der Waals surface area contributed by atoms with Crippen molar-refractivity contribution in [1.29, 1.82) is 0 Å². The monoisotopic (exact) mass is 468 g/mol. The third-order valence-electron chi connectivity index (χ3n) is 6.84. The average Bonchev–Trinajstić information content (AvgIpc) is 3.54. The predicted octanol–water partition coefficient (Wildman–Crippen LogP) is 3.97. The van der Waals surface area contributed by atoms with Crippen LogP contribution >= 0.6 is 0 Å². The molecule has 0 unspecified atom stereocenters. The van der Waals surface area contributed by atoms with Gasteiger partial charge in [-0.25, -0.2) is 9.67 Å². The van der Waals surface area contributed by atoms with Crippen LogP contribution in [0.1, 0.15) is 24.2 Å². The summed E-state index contributed by atoms with van der Waals surface area (Å²) in [6, 6.07) is 18.3. The fourth-order valence-electron chi connectivity index (χ4n) is 4.82. The van der Waals surface area contributed by atoms with Crippen molar-refractivity contribution in [3.05, 3.63) is 78.4 Å². The zero-order chi connectivity index (χ0) is 24.0. The van der Waals surface area contributed by atoms with Crippen LogP contribution in [0.4, 0.5) is 0 Å². The van der Waals surface area contributed by atoms with E-state index in [0.717, 1.165) is 48.5 Å². The van der Waals surface area contributed by atoms with Gasteiger partial charge >= 0.3 is 0 Å². The second-order valence-electron chi connectivity index (χ2n) is 9.19. The SMILES string of the molecule is Cc1nc(-c2ccncc2)nn1CCN(CCN1CCCC1)C(=O)Cc1cccc2ccccc12. The van der Waals surface area contributed by atoms with E-state index in [1.807, 2.05) is 46.8 Å². The molecule has 3 heterocycles.